The Morgan fingerprint density at radius 1 is 1.33 bits per heavy atom. The van der Waals surface area contributed by atoms with Gasteiger partial charge >= 0.3 is 0 Å². The minimum absolute atomic E-state index is 0.000382. The first-order valence-electron chi connectivity index (χ1n) is 10.7. The Balaban J connectivity index is 1.73. The largest absolute Gasteiger partial charge is 0.493 e. The fraction of sp³-hybridized carbons (Fsp3) is 0.696. The van der Waals surface area contributed by atoms with Gasteiger partial charge in [-0.25, -0.2) is 0 Å². The lowest BCUT2D eigenvalue weighted by molar-refractivity contribution is -0.138. The smallest absolute Gasteiger partial charge is 0.222 e. The summed E-state index contributed by atoms with van der Waals surface area (Å²) in [6.07, 6.45) is 3.01. The molecular formula is C23H32ClNO5. The van der Waals surface area contributed by atoms with Gasteiger partial charge in [0, 0.05) is 35.7 Å². The molecule has 1 aliphatic heterocycles. The van der Waals surface area contributed by atoms with E-state index in [4.69, 9.17) is 25.8 Å². The highest BCUT2D eigenvalue weighted by Crippen LogP contribution is 2.71. The molecule has 1 amide bonds. The lowest BCUT2D eigenvalue weighted by Gasteiger charge is -2.53. The van der Waals surface area contributed by atoms with Crippen LogP contribution in [0.15, 0.2) is 12.1 Å². The van der Waals surface area contributed by atoms with Crippen LogP contribution in [0.25, 0.3) is 0 Å². The fourth-order valence-electron chi connectivity index (χ4n) is 6.60. The summed E-state index contributed by atoms with van der Waals surface area (Å²) >= 11 is 6.40. The van der Waals surface area contributed by atoms with Crippen molar-refractivity contribution in [3.05, 3.63) is 22.7 Å². The molecule has 1 unspecified atom stereocenters. The molecule has 1 aromatic rings. The van der Waals surface area contributed by atoms with Gasteiger partial charge in [-0.1, -0.05) is 25.4 Å². The molecule has 1 aromatic carbocycles. The number of rotatable bonds is 6. The van der Waals surface area contributed by atoms with E-state index in [0.29, 0.717) is 29.0 Å². The zero-order valence-corrected chi connectivity index (χ0v) is 18.9. The van der Waals surface area contributed by atoms with Gasteiger partial charge in [-0.15, -0.1) is 0 Å². The maximum Gasteiger partial charge on any atom is 0.222 e. The van der Waals surface area contributed by atoms with Crippen LogP contribution in [-0.4, -0.2) is 44.5 Å². The molecule has 1 saturated heterocycles. The monoisotopic (exact) mass is 437 g/mol. The van der Waals surface area contributed by atoms with Crippen molar-refractivity contribution in [2.24, 2.45) is 22.7 Å². The molecular weight excluding hydrogens is 406 g/mol. The second kappa shape index (κ2) is 7.88. The van der Waals surface area contributed by atoms with Gasteiger partial charge in [-0.05, 0) is 48.0 Å². The summed E-state index contributed by atoms with van der Waals surface area (Å²) in [5, 5.41) is 13.1. The Labute approximate surface area is 183 Å². The van der Waals surface area contributed by atoms with Gasteiger partial charge in [-0.3, -0.25) is 4.79 Å². The molecule has 2 N–H and O–H groups in total. The summed E-state index contributed by atoms with van der Waals surface area (Å²) < 4.78 is 17.6. The number of amides is 1. The number of hydrogen-bond donors (Lipinski definition) is 2. The van der Waals surface area contributed by atoms with Crippen LogP contribution in [0, 0.1) is 22.7 Å². The molecule has 3 fully saturated rings. The van der Waals surface area contributed by atoms with Crippen LogP contribution in [0.4, 0.5) is 0 Å². The molecule has 2 aliphatic carbocycles. The SMILES string of the molecule is COc1cc(Cl)cc([C@H]2OCCC34C[C@@H](C[C@H]23)C(C)(C)[C@@H]4NC(=O)CCO)c1OC. The molecule has 0 radical (unpaired) electrons. The van der Waals surface area contributed by atoms with Gasteiger partial charge in [0.1, 0.15) is 0 Å². The van der Waals surface area contributed by atoms with Crippen LogP contribution < -0.4 is 14.8 Å². The molecule has 6 nitrogen and oxygen atoms in total. The van der Waals surface area contributed by atoms with Gasteiger partial charge in [0.2, 0.25) is 5.91 Å². The maximum absolute atomic E-state index is 12.5. The number of carbonyl (C=O) groups excluding carboxylic acids is 1. The standard InChI is InChI=1S/C23H32ClNO5/c1-22(2)13-9-16-19(15-10-14(24)11-17(28-3)20(15)29-4)30-8-6-23(16,12-13)21(22)25-18(27)5-7-26/h10-11,13,16,19,21,26H,5-9,12H2,1-4H3,(H,25,27)/t13-,16-,19-,21+,23?/m1/s1. The number of hydrogen-bond acceptors (Lipinski definition) is 5. The third-order valence-electron chi connectivity index (χ3n) is 7.93. The molecule has 2 saturated carbocycles. The molecule has 3 aliphatic rings. The summed E-state index contributed by atoms with van der Waals surface area (Å²) in [5.41, 5.74) is 0.874. The average molecular weight is 438 g/mol. The van der Waals surface area contributed by atoms with Crippen molar-refractivity contribution in [1.82, 2.24) is 5.32 Å². The number of nitrogens with one attached hydrogen (secondary N) is 1. The predicted octanol–water partition coefficient (Wildman–Crippen LogP) is 3.74. The van der Waals surface area contributed by atoms with Crippen molar-refractivity contribution in [3.8, 4) is 11.5 Å². The number of aliphatic hydroxyl groups excluding tert-OH is 1. The topological polar surface area (TPSA) is 77.0 Å². The molecule has 5 atom stereocenters. The maximum atomic E-state index is 12.5. The summed E-state index contributed by atoms with van der Waals surface area (Å²) in [6, 6.07) is 3.72. The highest BCUT2D eigenvalue weighted by Gasteiger charge is 2.68. The molecule has 4 rings (SSSR count). The predicted molar refractivity (Wildman–Crippen MR) is 114 cm³/mol. The van der Waals surface area contributed by atoms with Crippen molar-refractivity contribution < 1.29 is 24.1 Å². The van der Waals surface area contributed by atoms with Gasteiger partial charge in [0.25, 0.3) is 0 Å². The van der Waals surface area contributed by atoms with Gasteiger partial charge in [0.05, 0.1) is 26.9 Å². The molecule has 0 aromatic heterocycles. The first-order valence-corrected chi connectivity index (χ1v) is 11.1. The van der Waals surface area contributed by atoms with Gasteiger partial charge in [-0.2, -0.15) is 0 Å². The minimum atomic E-state index is -0.167. The molecule has 2 bridgehead atoms. The second-order valence-electron chi connectivity index (χ2n) is 9.54. The number of aliphatic hydroxyl groups is 1. The summed E-state index contributed by atoms with van der Waals surface area (Å²) in [5.74, 6) is 1.92. The fourth-order valence-corrected chi connectivity index (χ4v) is 6.82. The molecule has 1 spiro atoms. The van der Waals surface area contributed by atoms with Crippen molar-refractivity contribution >= 4 is 17.5 Å². The highest BCUT2D eigenvalue weighted by molar-refractivity contribution is 6.30. The second-order valence-corrected chi connectivity index (χ2v) is 9.98. The van der Waals surface area contributed by atoms with Crippen molar-refractivity contribution in [2.75, 3.05) is 27.4 Å². The van der Waals surface area contributed by atoms with E-state index in [9.17, 15) is 9.90 Å². The lowest BCUT2D eigenvalue weighted by atomic mass is 9.58. The Morgan fingerprint density at radius 3 is 2.77 bits per heavy atom. The first kappa shape index (κ1) is 21.7. The Kier molecular flexibility index (Phi) is 5.71. The van der Waals surface area contributed by atoms with E-state index in [1.807, 2.05) is 6.07 Å². The third kappa shape index (κ3) is 3.19. The lowest BCUT2D eigenvalue weighted by Crippen LogP contribution is -2.59. The van der Waals surface area contributed by atoms with Crippen LogP contribution in [0.2, 0.25) is 5.02 Å². The molecule has 30 heavy (non-hydrogen) atoms. The Bertz CT molecular complexity index is 828. The highest BCUT2D eigenvalue weighted by atomic mass is 35.5. The van der Waals surface area contributed by atoms with Gasteiger partial charge < -0.3 is 24.6 Å². The van der Waals surface area contributed by atoms with Crippen LogP contribution in [0.1, 0.15) is 51.2 Å². The van der Waals surface area contributed by atoms with E-state index in [-0.39, 0.29) is 47.8 Å². The van der Waals surface area contributed by atoms with Crippen molar-refractivity contribution in [2.45, 2.75) is 51.7 Å². The third-order valence-corrected chi connectivity index (χ3v) is 8.15. The van der Waals surface area contributed by atoms with E-state index < -0.39 is 0 Å². The Hall–Kier alpha value is -1.50. The number of carbonyl (C=O) groups is 1. The van der Waals surface area contributed by atoms with Crippen LogP contribution in [0.3, 0.4) is 0 Å². The number of methoxy groups -OCH3 is 2. The minimum Gasteiger partial charge on any atom is -0.493 e. The quantitative estimate of drug-likeness (QED) is 0.709. The van der Waals surface area contributed by atoms with E-state index in [1.54, 1.807) is 20.3 Å². The molecule has 166 valence electrons. The normalized spacial score (nSPS) is 33.8. The zero-order chi connectivity index (χ0) is 21.7. The first-order chi connectivity index (χ1) is 14.3. The van der Waals surface area contributed by atoms with E-state index in [2.05, 4.69) is 19.2 Å². The van der Waals surface area contributed by atoms with E-state index in [1.165, 1.54) is 0 Å². The number of benzene rings is 1. The van der Waals surface area contributed by atoms with Gasteiger partial charge in [0.15, 0.2) is 11.5 Å². The average Bonchev–Trinajstić information content (AvgIpc) is 3.20. The van der Waals surface area contributed by atoms with E-state index >= 15 is 0 Å². The van der Waals surface area contributed by atoms with Crippen LogP contribution >= 0.6 is 11.6 Å². The molecule has 7 heteroatoms. The Morgan fingerprint density at radius 2 is 2.10 bits per heavy atom. The van der Waals surface area contributed by atoms with Crippen molar-refractivity contribution in [1.29, 1.82) is 0 Å². The van der Waals surface area contributed by atoms with Crippen molar-refractivity contribution in [3.63, 3.8) is 0 Å². The zero-order valence-electron chi connectivity index (χ0n) is 18.2. The summed E-state index contributed by atoms with van der Waals surface area (Å²) in [6.45, 7) is 5.01. The van der Waals surface area contributed by atoms with Crippen LogP contribution in [0.5, 0.6) is 11.5 Å². The number of fused-ring (bicyclic) bond motifs is 1. The van der Waals surface area contributed by atoms with Crippen LogP contribution in [-0.2, 0) is 9.53 Å². The summed E-state index contributed by atoms with van der Waals surface area (Å²) in [7, 11) is 3.24. The number of halogens is 1. The summed E-state index contributed by atoms with van der Waals surface area (Å²) in [4.78, 5) is 12.5. The molecule has 1 heterocycles. The number of ether oxygens (including phenoxy) is 3. The van der Waals surface area contributed by atoms with E-state index in [0.717, 1.165) is 24.8 Å².